The summed E-state index contributed by atoms with van der Waals surface area (Å²) in [5.74, 6) is -1.59. The monoisotopic (exact) mass is 408 g/mol. The van der Waals surface area contributed by atoms with E-state index in [4.69, 9.17) is 5.73 Å². The molecule has 0 bridgehead atoms. The molecule has 2 aromatic carbocycles. The van der Waals surface area contributed by atoms with Crippen molar-refractivity contribution in [1.82, 2.24) is 4.90 Å². The number of nitrogens with one attached hydrogen (secondary N) is 1. The molecule has 1 fully saturated rings. The molecule has 3 amide bonds. The third-order valence-electron chi connectivity index (χ3n) is 5.31. The lowest BCUT2D eigenvalue weighted by Gasteiger charge is -2.35. The van der Waals surface area contributed by atoms with E-state index in [-0.39, 0.29) is 0 Å². The van der Waals surface area contributed by atoms with Crippen molar-refractivity contribution in [2.45, 2.75) is 26.2 Å². The fourth-order valence-electron chi connectivity index (χ4n) is 3.47. The number of aryl methyl sites for hydroxylation is 1. The van der Waals surface area contributed by atoms with E-state index in [1.165, 1.54) is 5.56 Å². The van der Waals surface area contributed by atoms with Gasteiger partial charge in [0.05, 0.1) is 0 Å². The van der Waals surface area contributed by atoms with Crippen LogP contribution in [0, 0.1) is 0 Å². The van der Waals surface area contributed by atoms with Gasteiger partial charge in [0.25, 0.3) is 0 Å². The Bertz CT molecular complexity index is 886. The molecule has 3 rings (SSSR count). The topological polar surface area (TPSA) is 95.7 Å². The number of hydrogen-bond acceptors (Lipinski definition) is 4. The van der Waals surface area contributed by atoms with Crippen molar-refractivity contribution in [3.05, 3.63) is 59.7 Å². The Kier molecular flexibility index (Phi) is 7.06. The normalized spacial score (nSPS) is 13.8. The summed E-state index contributed by atoms with van der Waals surface area (Å²) in [6.07, 6.45) is 3.28. The Morgan fingerprint density at radius 2 is 1.57 bits per heavy atom. The molecule has 30 heavy (non-hydrogen) atoms. The molecule has 1 aliphatic heterocycles. The van der Waals surface area contributed by atoms with Crippen molar-refractivity contribution in [2.24, 2.45) is 5.73 Å². The Balaban J connectivity index is 1.50. The van der Waals surface area contributed by atoms with Gasteiger partial charge in [-0.1, -0.05) is 25.5 Å². The molecule has 0 aliphatic carbocycles. The number of anilines is 2. The van der Waals surface area contributed by atoms with Crippen molar-refractivity contribution in [1.29, 1.82) is 0 Å². The maximum absolute atomic E-state index is 12.5. The van der Waals surface area contributed by atoms with E-state index in [0.717, 1.165) is 24.9 Å². The lowest BCUT2D eigenvalue weighted by Crippen LogP contribution is -2.51. The average Bonchev–Trinajstić information content (AvgIpc) is 2.78. The molecule has 158 valence electrons. The number of carbonyl (C=O) groups is 3. The van der Waals surface area contributed by atoms with E-state index in [9.17, 15) is 14.4 Å². The minimum Gasteiger partial charge on any atom is -0.368 e. The summed E-state index contributed by atoms with van der Waals surface area (Å²) in [5, 5.41) is 2.69. The highest BCUT2D eigenvalue weighted by molar-refractivity contribution is 6.39. The third kappa shape index (κ3) is 5.37. The number of carbonyl (C=O) groups excluding carboxylic acids is 3. The number of amides is 3. The molecule has 3 N–H and O–H groups in total. The van der Waals surface area contributed by atoms with Gasteiger partial charge in [0.15, 0.2) is 0 Å². The number of hydrogen-bond donors (Lipinski definition) is 2. The van der Waals surface area contributed by atoms with Gasteiger partial charge in [-0.3, -0.25) is 14.4 Å². The first-order valence-electron chi connectivity index (χ1n) is 10.3. The largest absolute Gasteiger partial charge is 0.368 e. The summed E-state index contributed by atoms with van der Waals surface area (Å²) >= 11 is 0. The van der Waals surface area contributed by atoms with Crippen LogP contribution in [0.3, 0.4) is 0 Å². The first-order chi connectivity index (χ1) is 14.5. The number of unbranched alkanes of at least 4 members (excludes halogenated alkanes) is 1. The zero-order valence-electron chi connectivity index (χ0n) is 17.3. The van der Waals surface area contributed by atoms with Crippen LogP contribution >= 0.6 is 0 Å². The minimum atomic E-state index is -0.615. The first-order valence-corrected chi connectivity index (χ1v) is 10.3. The molecule has 0 saturated carbocycles. The second-order valence-corrected chi connectivity index (χ2v) is 7.44. The van der Waals surface area contributed by atoms with Crippen LogP contribution in [0.4, 0.5) is 11.4 Å². The summed E-state index contributed by atoms with van der Waals surface area (Å²) in [6.45, 7) is 4.29. The van der Waals surface area contributed by atoms with Gasteiger partial charge in [-0.15, -0.1) is 0 Å². The molecule has 0 radical (unpaired) electrons. The van der Waals surface area contributed by atoms with Crippen LogP contribution < -0.4 is 16.0 Å². The second kappa shape index (κ2) is 9.91. The van der Waals surface area contributed by atoms with Gasteiger partial charge in [0.2, 0.25) is 5.91 Å². The van der Waals surface area contributed by atoms with Crippen LogP contribution in [0.5, 0.6) is 0 Å². The summed E-state index contributed by atoms with van der Waals surface area (Å²) in [4.78, 5) is 39.7. The lowest BCUT2D eigenvalue weighted by molar-refractivity contribution is -0.143. The lowest BCUT2D eigenvalue weighted by atomic mass is 10.1. The van der Waals surface area contributed by atoms with Crippen molar-refractivity contribution >= 4 is 29.1 Å². The van der Waals surface area contributed by atoms with Crippen LogP contribution in [-0.4, -0.2) is 48.8 Å². The Hall–Kier alpha value is -3.35. The first kappa shape index (κ1) is 21.4. The predicted molar refractivity (Wildman–Crippen MR) is 117 cm³/mol. The molecule has 1 saturated heterocycles. The maximum Gasteiger partial charge on any atom is 0.313 e. The van der Waals surface area contributed by atoms with Crippen LogP contribution in [0.1, 0.15) is 35.7 Å². The van der Waals surface area contributed by atoms with E-state index < -0.39 is 17.7 Å². The van der Waals surface area contributed by atoms with Crippen molar-refractivity contribution in [2.75, 3.05) is 36.4 Å². The molecule has 1 heterocycles. The number of nitrogens with two attached hydrogens (primary N) is 1. The van der Waals surface area contributed by atoms with E-state index in [1.807, 2.05) is 36.4 Å². The van der Waals surface area contributed by atoms with Gasteiger partial charge < -0.3 is 20.9 Å². The number of benzene rings is 2. The fraction of sp³-hybridized carbons (Fsp3) is 0.348. The van der Waals surface area contributed by atoms with Gasteiger partial charge in [-0.05, 0) is 54.8 Å². The average molecular weight is 409 g/mol. The van der Waals surface area contributed by atoms with Gasteiger partial charge >= 0.3 is 11.8 Å². The molecule has 0 atom stereocenters. The molecule has 1 aliphatic rings. The summed E-state index contributed by atoms with van der Waals surface area (Å²) in [7, 11) is 0. The highest BCUT2D eigenvalue weighted by atomic mass is 16.2. The molecular formula is C23H28N4O3. The van der Waals surface area contributed by atoms with Gasteiger partial charge in [0, 0.05) is 43.1 Å². The van der Waals surface area contributed by atoms with Crippen LogP contribution in [0.25, 0.3) is 0 Å². The SMILES string of the molecule is CCCCc1ccc(NC(=O)C(=O)N2CCN(c3ccc(C(N)=O)cc3)CC2)cc1. The Labute approximate surface area is 176 Å². The zero-order chi connectivity index (χ0) is 21.5. The Morgan fingerprint density at radius 3 is 2.13 bits per heavy atom. The fourth-order valence-corrected chi connectivity index (χ4v) is 3.47. The molecule has 0 aromatic heterocycles. The quantitative estimate of drug-likeness (QED) is 0.718. The van der Waals surface area contributed by atoms with Crippen LogP contribution in [0.2, 0.25) is 0 Å². The third-order valence-corrected chi connectivity index (χ3v) is 5.31. The van der Waals surface area contributed by atoms with Gasteiger partial charge in [-0.2, -0.15) is 0 Å². The predicted octanol–water partition coefficient (Wildman–Crippen LogP) is 2.42. The number of nitrogens with zero attached hydrogens (tertiary/aromatic N) is 2. The highest BCUT2D eigenvalue weighted by Crippen LogP contribution is 2.18. The van der Waals surface area contributed by atoms with Gasteiger partial charge in [0.1, 0.15) is 0 Å². The summed E-state index contributed by atoms with van der Waals surface area (Å²) < 4.78 is 0. The zero-order valence-corrected chi connectivity index (χ0v) is 17.3. The number of rotatable bonds is 6. The second-order valence-electron chi connectivity index (χ2n) is 7.44. The van der Waals surface area contributed by atoms with Crippen molar-refractivity contribution in [3.8, 4) is 0 Å². The molecule has 0 spiro atoms. The smallest absolute Gasteiger partial charge is 0.313 e. The highest BCUT2D eigenvalue weighted by Gasteiger charge is 2.26. The number of primary amides is 1. The molecule has 0 unspecified atom stereocenters. The van der Waals surface area contributed by atoms with Crippen LogP contribution in [-0.2, 0) is 16.0 Å². The molecule has 2 aromatic rings. The molecule has 7 heteroatoms. The van der Waals surface area contributed by atoms with Crippen molar-refractivity contribution < 1.29 is 14.4 Å². The summed E-state index contributed by atoms with van der Waals surface area (Å²) in [6, 6.07) is 14.7. The standard InChI is InChI=1S/C23H28N4O3/c1-2-3-4-17-5-9-19(10-6-17)25-22(29)23(30)27-15-13-26(14-16-27)20-11-7-18(8-12-20)21(24)28/h5-12H,2-4,13-16H2,1H3,(H2,24,28)(H,25,29). The summed E-state index contributed by atoms with van der Waals surface area (Å²) in [5.41, 5.74) is 8.54. The maximum atomic E-state index is 12.5. The van der Waals surface area contributed by atoms with Gasteiger partial charge in [-0.25, -0.2) is 0 Å². The molecule has 7 nitrogen and oxygen atoms in total. The van der Waals surface area contributed by atoms with E-state index in [0.29, 0.717) is 37.4 Å². The Morgan fingerprint density at radius 1 is 0.933 bits per heavy atom. The minimum absolute atomic E-state index is 0.458. The van der Waals surface area contributed by atoms with E-state index >= 15 is 0 Å². The number of piperazine rings is 1. The van der Waals surface area contributed by atoms with E-state index in [2.05, 4.69) is 17.1 Å². The molecular weight excluding hydrogens is 380 g/mol. The van der Waals surface area contributed by atoms with Crippen molar-refractivity contribution in [3.63, 3.8) is 0 Å². The van der Waals surface area contributed by atoms with Crippen LogP contribution in [0.15, 0.2) is 48.5 Å². The van der Waals surface area contributed by atoms with E-state index in [1.54, 1.807) is 17.0 Å².